The molecule has 0 saturated heterocycles. The Bertz CT molecular complexity index is 399. The molecule has 1 unspecified atom stereocenters. The van der Waals surface area contributed by atoms with Gasteiger partial charge in [-0.15, -0.1) is 0 Å². The fourth-order valence-electron chi connectivity index (χ4n) is 1.30. The molecule has 0 amide bonds. The minimum absolute atomic E-state index is 0.107. The lowest BCUT2D eigenvalue weighted by Gasteiger charge is -2.13. The first kappa shape index (κ1) is 12.6. The quantitative estimate of drug-likeness (QED) is 0.790. The molecule has 0 heterocycles. The van der Waals surface area contributed by atoms with E-state index in [1.54, 1.807) is 0 Å². The summed E-state index contributed by atoms with van der Waals surface area (Å²) in [4.78, 5) is 0. The van der Waals surface area contributed by atoms with E-state index < -0.39 is 0 Å². The van der Waals surface area contributed by atoms with Gasteiger partial charge in [-0.2, -0.15) is 0 Å². The second-order valence-corrected chi connectivity index (χ2v) is 3.77. The average Bonchev–Trinajstić information content (AvgIpc) is 2.28. The third-order valence-corrected chi connectivity index (χ3v) is 2.41. The highest BCUT2D eigenvalue weighted by molar-refractivity contribution is 5.44. The van der Waals surface area contributed by atoms with Gasteiger partial charge in [0.05, 0.1) is 6.10 Å². The highest BCUT2D eigenvalue weighted by Gasteiger charge is 2.02. The predicted molar refractivity (Wildman–Crippen MR) is 65.5 cm³/mol. The molecular formula is C14H18O2. The summed E-state index contributed by atoms with van der Waals surface area (Å²) in [5.74, 6) is 6.42. The molecule has 0 aromatic heterocycles. The number of rotatable bonds is 3. The van der Waals surface area contributed by atoms with Crippen LogP contribution < -0.4 is 4.74 Å². The van der Waals surface area contributed by atoms with E-state index in [0.29, 0.717) is 0 Å². The van der Waals surface area contributed by atoms with Crippen molar-refractivity contribution in [3.63, 3.8) is 0 Å². The maximum Gasteiger partial charge on any atom is 0.120 e. The molecule has 1 atom stereocenters. The minimum Gasteiger partial charge on any atom is -0.491 e. The van der Waals surface area contributed by atoms with Crippen LogP contribution in [0.1, 0.15) is 31.4 Å². The second-order valence-electron chi connectivity index (χ2n) is 3.77. The van der Waals surface area contributed by atoms with Gasteiger partial charge in [-0.25, -0.2) is 0 Å². The lowest BCUT2D eigenvalue weighted by molar-refractivity contribution is 0.217. The van der Waals surface area contributed by atoms with Crippen molar-refractivity contribution >= 4 is 0 Å². The molecule has 1 aromatic rings. The third kappa shape index (κ3) is 3.60. The minimum atomic E-state index is -0.107. The summed E-state index contributed by atoms with van der Waals surface area (Å²) >= 11 is 0. The zero-order valence-corrected chi connectivity index (χ0v) is 10.1. The van der Waals surface area contributed by atoms with Crippen LogP contribution in [0.5, 0.6) is 5.75 Å². The molecule has 0 aliphatic rings. The summed E-state index contributed by atoms with van der Waals surface area (Å²) in [6.45, 7) is 6.03. The van der Waals surface area contributed by atoms with Crippen LogP contribution in [0.15, 0.2) is 18.2 Å². The van der Waals surface area contributed by atoms with Gasteiger partial charge in [-0.3, -0.25) is 0 Å². The van der Waals surface area contributed by atoms with Crippen LogP contribution in [0.25, 0.3) is 0 Å². The largest absolute Gasteiger partial charge is 0.491 e. The van der Waals surface area contributed by atoms with E-state index >= 15 is 0 Å². The van der Waals surface area contributed by atoms with Crippen molar-refractivity contribution in [2.24, 2.45) is 0 Å². The molecule has 1 aromatic carbocycles. The van der Waals surface area contributed by atoms with Crippen molar-refractivity contribution in [2.75, 3.05) is 6.61 Å². The number of ether oxygens (including phenoxy) is 1. The molecule has 2 heteroatoms. The van der Waals surface area contributed by atoms with Crippen LogP contribution in [-0.2, 0) is 0 Å². The topological polar surface area (TPSA) is 29.5 Å². The van der Waals surface area contributed by atoms with Gasteiger partial charge >= 0.3 is 0 Å². The van der Waals surface area contributed by atoms with Gasteiger partial charge in [-0.1, -0.05) is 18.8 Å². The highest BCUT2D eigenvalue weighted by atomic mass is 16.5. The van der Waals surface area contributed by atoms with Gasteiger partial charge in [-0.05, 0) is 44.0 Å². The zero-order chi connectivity index (χ0) is 12.0. The van der Waals surface area contributed by atoms with Crippen molar-refractivity contribution in [3.8, 4) is 17.6 Å². The number of hydrogen-bond donors (Lipinski definition) is 1. The molecule has 0 bridgehead atoms. The average molecular weight is 218 g/mol. The maximum absolute atomic E-state index is 8.63. The van der Waals surface area contributed by atoms with E-state index in [4.69, 9.17) is 9.84 Å². The van der Waals surface area contributed by atoms with Crippen LogP contribution in [0.2, 0.25) is 0 Å². The van der Waals surface area contributed by atoms with Crippen molar-refractivity contribution < 1.29 is 9.84 Å². The third-order valence-electron chi connectivity index (χ3n) is 2.41. The summed E-state index contributed by atoms with van der Waals surface area (Å²) in [5, 5.41) is 8.63. The standard InChI is InChI=1S/C14H18O2/c1-4-12(3)16-14-8-7-13(6-5-9-15)11(2)10-14/h7-8,10,12,15H,4,9H2,1-3H3. The van der Waals surface area contributed by atoms with E-state index in [0.717, 1.165) is 23.3 Å². The van der Waals surface area contributed by atoms with E-state index in [1.165, 1.54) is 0 Å². The Balaban J connectivity index is 2.82. The molecule has 1 N–H and O–H groups in total. The molecular weight excluding hydrogens is 200 g/mol. The molecule has 0 aliphatic carbocycles. The van der Waals surface area contributed by atoms with Crippen LogP contribution in [-0.4, -0.2) is 17.8 Å². The van der Waals surface area contributed by atoms with E-state index in [9.17, 15) is 0 Å². The van der Waals surface area contributed by atoms with Crippen molar-refractivity contribution in [1.82, 2.24) is 0 Å². The summed E-state index contributed by atoms with van der Waals surface area (Å²) < 4.78 is 5.71. The first-order valence-electron chi connectivity index (χ1n) is 5.54. The number of aliphatic hydroxyl groups is 1. The maximum atomic E-state index is 8.63. The smallest absolute Gasteiger partial charge is 0.120 e. The van der Waals surface area contributed by atoms with Gasteiger partial charge in [0.15, 0.2) is 0 Å². The summed E-state index contributed by atoms with van der Waals surface area (Å²) in [6.07, 6.45) is 1.22. The molecule has 86 valence electrons. The lowest BCUT2D eigenvalue weighted by Crippen LogP contribution is -2.09. The van der Waals surface area contributed by atoms with Crippen LogP contribution in [0, 0.1) is 18.8 Å². The number of benzene rings is 1. The molecule has 16 heavy (non-hydrogen) atoms. The highest BCUT2D eigenvalue weighted by Crippen LogP contribution is 2.18. The first-order valence-corrected chi connectivity index (χ1v) is 5.54. The zero-order valence-electron chi connectivity index (χ0n) is 10.1. The van der Waals surface area contributed by atoms with E-state index in [1.807, 2.05) is 25.1 Å². The Kier molecular flexibility index (Phi) is 4.88. The van der Waals surface area contributed by atoms with Gasteiger partial charge in [0, 0.05) is 5.56 Å². The second kappa shape index (κ2) is 6.19. The first-order chi connectivity index (χ1) is 7.67. The van der Waals surface area contributed by atoms with Gasteiger partial charge < -0.3 is 9.84 Å². The molecule has 0 aliphatic heterocycles. The Labute approximate surface area is 97.3 Å². The van der Waals surface area contributed by atoms with Crippen LogP contribution in [0.3, 0.4) is 0 Å². The van der Waals surface area contributed by atoms with E-state index in [2.05, 4.69) is 25.7 Å². The van der Waals surface area contributed by atoms with Crippen LogP contribution >= 0.6 is 0 Å². The molecule has 2 nitrogen and oxygen atoms in total. The Morgan fingerprint density at radius 2 is 2.19 bits per heavy atom. The number of aryl methyl sites for hydroxylation is 1. The number of aliphatic hydroxyl groups excluding tert-OH is 1. The molecule has 0 radical (unpaired) electrons. The molecule has 0 saturated carbocycles. The molecule has 0 fully saturated rings. The van der Waals surface area contributed by atoms with Gasteiger partial charge in [0.2, 0.25) is 0 Å². The van der Waals surface area contributed by atoms with Crippen molar-refractivity contribution in [2.45, 2.75) is 33.3 Å². The van der Waals surface area contributed by atoms with E-state index in [-0.39, 0.29) is 12.7 Å². The van der Waals surface area contributed by atoms with Gasteiger partial charge in [0.1, 0.15) is 12.4 Å². The summed E-state index contributed by atoms with van der Waals surface area (Å²) in [7, 11) is 0. The van der Waals surface area contributed by atoms with Crippen molar-refractivity contribution in [1.29, 1.82) is 0 Å². The monoisotopic (exact) mass is 218 g/mol. The number of hydrogen-bond acceptors (Lipinski definition) is 2. The fourth-order valence-corrected chi connectivity index (χ4v) is 1.30. The Morgan fingerprint density at radius 3 is 2.75 bits per heavy atom. The van der Waals surface area contributed by atoms with Crippen LogP contribution in [0.4, 0.5) is 0 Å². The van der Waals surface area contributed by atoms with Crippen molar-refractivity contribution in [3.05, 3.63) is 29.3 Å². The predicted octanol–water partition coefficient (Wildman–Crippen LogP) is 2.52. The summed E-state index contributed by atoms with van der Waals surface area (Å²) in [5.41, 5.74) is 2.01. The SMILES string of the molecule is CCC(C)Oc1ccc(C#CCO)c(C)c1. The Morgan fingerprint density at radius 1 is 1.44 bits per heavy atom. The lowest BCUT2D eigenvalue weighted by atomic mass is 10.1. The summed E-state index contributed by atoms with van der Waals surface area (Å²) in [6, 6.07) is 5.82. The normalized spacial score (nSPS) is 11.5. The fraction of sp³-hybridized carbons (Fsp3) is 0.429. The molecule has 0 spiro atoms. The van der Waals surface area contributed by atoms with Gasteiger partial charge in [0.25, 0.3) is 0 Å². The Hall–Kier alpha value is -1.46. The molecule has 1 rings (SSSR count).